The number of hydrogen-bond donors (Lipinski definition) is 0. The highest BCUT2D eigenvalue weighted by Gasteiger charge is 2.67. The molecule has 1 nitrogen and oxygen atoms in total. The van der Waals surface area contributed by atoms with Gasteiger partial charge in [-0.05, 0) is 22.8 Å². The minimum Gasteiger partial charge on any atom is -0.480 e. The van der Waals surface area contributed by atoms with E-state index in [1.807, 2.05) is 0 Å². The van der Waals surface area contributed by atoms with Gasteiger partial charge in [0.15, 0.2) is 5.60 Å². The van der Waals surface area contributed by atoms with Crippen molar-refractivity contribution in [2.75, 3.05) is 0 Å². The maximum absolute atomic E-state index is 7.55. The Kier molecular flexibility index (Phi) is 5.78. The molecule has 0 bridgehead atoms. The molecule has 188 valence electrons. The van der Waals surface area contributed by atoms with Gasteiger partial charge in [-0.2, -0.15) is 0 Å². The minimum atomic E-state index is -0.854. The third-order valence-corrected chi connectivity index (χ3v) is 8.54. The lowest BCUT2D eigenvalue weighted by molar-refractivity contribution is -0.0818. The minimum absolute atomic E-state index is 0.0580. The first-order chi connectivity index (χ1) is 19.4. The molecule has 1 saturated heterocycles. The number of ether oxygens (including phenoxy) is 1. The van der Waals surface area contributed by atoms with E-state index in [1.165, 1.54) is 16.7 Å². The van der Waals surface area contributed by atoms with E-state index >= 15 is 0 Å². The predicted molar refractivity (Wildman–Crippen MR) is 158 cm³/mol. The van der Waals surface area contributed by atoms with E-state index in [9.17, 15) is 0 Å². The Balaban J connectivity index is 1.72. The standard InChI is InChI=1S/C38H30O/c1-6-17-29(18-7-1)36-34-27-16-28-35(34)39-38(32-23-12-4-13-24-32,33-25-14-5-15-26-33)37(36,30-19-8-2-9-20-30)31-21-10-3-11-22-31/h1-28,34,36H. The van der Waals surface area contributed by atoms with Gasteiger partial charge in [0.25, 0.3) is 0 Å². The molecule has 1 aliphatic heterocycles. The molecule has 0 radical (unpaired) electrons. The first-order valence-corrected chi connectivity index (χ1v) is 13.7. The molecule has 1 fully saturated rings. The number of benzene rings is 5. The molecule has 5 aromatic rings. The van der Waals surface area contributed by atoms with Crippen molar-refractivity contribution >= 4 is 0 Å². The topological polar surface area (TPSA) is 9.23 Å². The van der Waals surface area contributed by atoms with Crippen LogP contribution in [0.25, 0.3) is 0 Å². The van der Waals surface area contributed by atoms with Gasteiger partial charge in [-0.1, -0.05) is 164 Å². The maximum atomic E-state index is 7.55. The molecular formula is C38H30O. The normalized spacial score (nSPS) is 20.5. The molecule has 0 aromatic heterocycles. The molecule has 1 heterocycles. The van der Waals surface area contributed by atoms with Gasteiger partial charge < -0.3 is 4.74 Å². The van der Waals surface area contributed by atoms with Gasteiger partial charge in [0.1, 0.15) is 5.76 Å². The van der Waals surface area contributed by atoms with Crippen LogP contribution in [0, 0.1) is 5.92 Å². The fourth-order valence-corrected chi connectivity index (χ4v) is 7.14. The summed E-state index contributed by atoms with van der Waals surface area (Å²) in [5.74, 6) is 1.16. The second-order valence-electron chi connectivity index (χ2n) is 10.4. The van der Waals surface area contributed by atoms with E-state index in [0.717, 1.165) is 16.9 Å². The Morgan fingerprint density at radius 1 is 0.462 bits per heavy atom. The van der Waals surface area contributed by atoms with Gasteiger partial charge >= 0.3 is 0 Å². The Labute approximate surface area is 230 Å². The van der Waals surface area contributed by atoms with E-state index in [4.69, 9.17) is 4.74 Å². The van der Waals surface area contributed by atoms with Crippen LogP contribution in [0.2, 0.25) is 0 Å². The van der Waals surface area contributed by atoms with Crippen molar-refractivity contribution in [2.24, 2.45) is 5.92 Å². The van der Waals surface area contributed by atoms with Crippen LogP contribution in [0.3, 0.4) is 0 Å². The van der Waals surface area contributed by atoms with Crippen LogP contribution >= 0.6 is 0 Å². The summed E-state index contributed by atoms with van der Waals surface area (Å²) < 4.78 is 7.55. The van der Waals surface area contributed by atoms with Crippen molar-refractivity contribution < 1.29 is 4.74 Å². The van der Waals surface area contributed by atoms with Crippen LogP contribution in [0.5, 0.6) is 0 Å². The number of hydrogen-bond acceptors (Lipinski definition) is 1. The summed E-state index contributed by atoms with van der Waals surface area (Å²) in [6.07, 6.45) is 6.66. The smallest absolute Gasteiger partial charge is 0.173 e. The summed E-state index contributed by atoms with van der Waals surface area (Å²) in [6.45, 7) is 0. The van der Waals surface area contributed by atoms with Crippen LogP contribution in [-0.2, 0) is 15.8 Å². The molecular weight excluding hydrogens is 472 g/mol. The predicted octanol–water partition coefficient (Wildman–Crippen LogP) is 8.80. The highest BCUT2D eigenvalue weighted by molar-refractivity contribution is 5.60. The maximum Gasteiger partial charge on any atom is 0.173 e. The molecule has 1 heteroatoms. The van der Waals surface area contributed by atoms with E-state index in [0.29, 0.717) is 0 Å². The number of allylic oxidation sites excluding steroid dienone is 3. The van der Waals surface area contributed by atoms with Gasteiger partial charge in [-0.25, -0.2) is 0 Å². The van der Waals surface area contributed by atoms with Crippen molar-refractivity contribution in [3.8, 4) is 0 Å². The van der Waals surface area contributed by atoms with Gasteiger partial charge in [0, 0.05) is 23.0 Å². The lowest BCUT2D eigenvalue weighted by Gasteiger charge is -2.60. The quantitative estimate of drug-likeness (QED) is 0.233. The van der Waals surface area contributed by atoms with Gasteiger partial charge in [0.2, 0.25) is 0 Å². The van der Waals surface area contributed by atoms with Crippen LogP contribution in [0.4, 0.5) is 0 Å². The summed E-state index contributed by atoms with van der Waals surface area (Å²) in [5.41, 5.74) is 4.57. The van der Waals surface area contributed by atoms with E-state index < -0.39 is 11.0 Å². The zero-order valence-electron chi connectivity index (χ0n) is 21.7. The zero-order valence-corrected chi connectivity index (χ0v) is 21.7. The average Bonchev–Trinajstić information content (AvgIpc) is 3.50. The van der Waals surface area contributed by atoms with E-state index in [2.05, 4.69) is 170 Å². The molecule has 5 aromatic carbocycles. The summed E-state index contributed by atoms with van der Waals surface area (Å²) in [4.78, 5) is 0. The molecule has 0 spiro atoms. The Bertz CT molecular complexity index is 1520. The first kappa shape index (κ1) is 23.5. The fraction of sp³-hybridized carbons (Fsp3) is 0.105. The molecule has 1 aliphatic carbocycles. The average molecular weight is 503 g/mol. The molecule has 39 heavy (non-hydrogen) atoms. The molecule has 0 saturated carbocycles. The number of fused-ring (bicyclic) bond motifs is 1. The molecule has 0 amide bonds. The van der Waals surface area contributed by atoms with Crippen molar-refractivity contribution in [1.29, 1.82) is 0 Å². The van der Waals surface area contributed by atoms with Gasteiger partial charge in [-0.15, -0.1) is 0 Å². The second kappa shape index (κ2) is 9.60. The fourth-order valence-electron chi connectivity index (χ4n) is 7.14. The summed E-state index contributed by atoms with van der Waals surface area (Å²) >= 11 is 0. The van der Waals surface area contributed by atoms with Gasteiger partial charge in [0.05, 0.1) is 5.41 Å². The van der Waals surface area contributed by atoms with Crippen LogP contribution in [-0.4, -0.2) is 0 Å². The molecule has 2 unspecified atom stereocenters. The molecule has 2 atom stereocenters. The summed E-state index contributed by atoms with van der Waals surface area (Å²) in [5, 5.41) is 0. The van der Waals surface area contributed by atoms with Gasteiger partial charge in [-0.3, -0.25) is 0 Å². The molecule has 7 rings (SSSR count). The second-order valence-corrected chi connectivity index (χ2v) is 10.4. The SMILES string of the molecule is C1=CC2C(=C1)OC(c1ccccc1)(c1ccccc1)C(c1ccccc1)(c1ccccc1)C2c1ccccc1. The third-order valence-electron chi connectivity index (χ3n) is 8.54. The van der Waals surface area contributed by atoms with Crippen molar-refractivity contribution in [1.82, 2.24) is 0 Å². The molecule has 2 aliphatic rings. The first-order valence-electron chi connectivity index (χ1n) is 13.7. The summed E-state index contributed by atoms with van der Waals surface area (Å²) in [7, 11) is 0. The lowest BCUT2D eigenvalue weighted by Crippen LogP contribution is -2.60. The monoisotopic (exact) mass is 502 g/mol. The van der Waals surface area contributed by atoms with Crippen LogP contribution in [0.15, 0.2) is 176 Å². The van der Waals surface area contributed by atoms with Crippen molar-refractivity contribution in [3.63, 3.8) is 0 Å². The van der Waals surface area contributed by atoms with Crippen LogP contribution in [0.1, 0.15) is 33.7 Å². The summed E-state index contributed by atoms with van der Waals surface area (Å²) in [6, 6.07) is 54.7. The van der Waals surface area contributed by atoms with E-state index in [-0.39, 0.29) is 11.8 Å². The van der Waals surface area contributed by atoms with E-state index in [1.54, 1.807) is 0 Å². The third kappa shape index (κ3) is 3.47. The molecule has 0 N–H and O–H groups in total. The number of rotatable bonds is 5. The Morgan fingerprint density at radius 2 is 0.872 bits per heavy atom. The largest absolute Gasteiger partial charge is 0.480 e. The zero-order chi connectivity index (χ0) is 26.1. The van der Waals surface area contributed by atoms with Crippen molar-refractivity contribution in [3.05, 3.63) is 203 Å². The highest BCUT2D eigenvalue weighted by Crippen LogP contribution is 2.67. The Morgan fingerprint density at radius 3 is 1.33 bits per heavy atom. The Hall–Kier alpha value is -4.62. The highest BCUT2D eigenvalue weighted by atomic mass is 16.5. The van der Waals surface area contributed by atoms with Crippen LogP contribution < -0.4 is 0 Å². The lowest BCUT2D eigenvalue weighted by atomic mass is 9.48. The van der Waals surface area contributed by atoms with Crippen molar-refractivity contribution in [2.45, 2.75) is 16.9 Å².